The zero-order valence-electron chi connectivity index (χ0n) is 19.6. The van der Waals surface area contributed by atoms with Gasteiger partial charge in [-0.15, -0.1) is 0 Å². The molecular weight excluding hydrogens is 465 g/mol. The molecule has 0 aliphatic carbocycles. The highest BCUT2D eigenvalue weighted by molar-refractivity contribution is 7.89. The van der Waals surface area contributed by atoms with Gasteiger partial charge >= 0.3 is 0 Å². The minimum atomic E-state index is -3.54. The van der Waals surface area contributed by atoms with E-state index in [4.69, 9.17) is 4.74 Å². The van der Waals surface area contributed by atoms with E-state index in [1.165, 1.54) is 12.1 Å². The Morgan fingerprint density at radius 2 is 1.34 bits per heavy atom. The molecule has 2 fully saturated rings. The second-order valence-electron chi connectivity index (χ2n) is 9.20. The number of hydrogen-bond donors (Lipinski definition) is 0. The van der Waals surface area contributed by atoms with Crippen LogP contribution >= 0.6 is 0 Å². The van der Waals surface area contributed by atoms with Gasteiger partial charge in [0.05, 0.1) is 4.90 Å². The van der Waals surface area contributed by atoms with Crippen LogP contribution in [0.2, 0.25) is 0 Å². The van der Waals surface area contributed by atoms with Crippen molar-refractivity contribution in [1.82, 2.24) is 14.2 Å². The number of benzene rings is 2. The average molecular weight is 496 g/mol. The van der Waals surface area contributed by atoms with E-state index in [-0.39, 0.29) is 11.9 Å². The smallest absolute Gasteiger partial charge is 0.243 e. The van der Waals surface area contributed by atoms with E-state index in [0.29, 0.717) is 24.0 Å². The van der Waals surface area contributed by atoms with Crippen molar-refractivity contribution >= 4 is 10.0 Å². The van der Waals surface area contributed by atoms with Gasteiger partial charge in [-0.05, 0) is 73.2 Å². The molecule has 5 rings (SSSR count). The summed E-state index contributed by atoms with van der Waals surface area (Å²) in [6, 6.07) is 17.2. The molecule has 3 heterocycles. The summed E-state index contributed by atoms with van der Waals surface area (Å²) in [6.07, 6.45) is 7.32. The van der Waals surface area contributed by atoms with Crippen molar-refractivity contribution in [3.8, 4) is 16.9 Å². The van der Waals surface area contributed by atoms with E-state index in [2.05, 4.69) is 9.88 Å². The molecule has 0 spiro atoms. The number of rotatable bonds is 6. The number of pyridine rings is 1. The van der Waals surface area contributed by atoms with E-state index in [1.54, 1.807) is 53.1 Å². The maximum Gasteiger partial charge on any atom is 0.243 e. The minimum absolute atomic E-state index is 0.215. The molecular formula is C27H30FN3O3S. The Morgan fingerprint density at radius 3 is 1.94 bits per heavy atom. The Balaban J connectivity index is 1.14. The first kappa shape index (κ1) is 23.9. The summed E-state index contributed by atoms with van der Waals surface area (Å²) in [5.74, 6) is 0.571. The van der Waals surface area contributed by atoms with E-state index in [1.807, 2.05) is 12.1 Å². The summed E-state index contributed by atoms with van der Waals surface area (Å²) in [5, 5.41) is 0. The molecule has 0 unspecified atom stereocenters. The molecule has 8 heteroatoms. The highest BCUT2D eigenvalue weighted by Gasteiger charge is 2.33. The van der Waals surface area contributed by atoms with Crippen LogP contribution in [0.3, 0.4) is 0 Å². The van der Waals surface area contributed by atoms with Crippen LogP contribution in [0, 0.1) is 5.82 Å². The maximum absolute atomic E-state index is 13.2. The van der Waals surface area contributed by atoms with E-state index < -0.39 is 10.0 Å². The first-order valence-corrected chi connectivity index (χ1v) is 13.6. The zero-order valence-corrected chi connectivity index (χ0v) is 20.4. The van der Waals surface area contributed by atoms with Gasteiger partial charge in [-0.1, -0.05) is 24.3 Å². The molecule has 6 nitrogen and oxygen atoms in total. The van der Waals surface area contributed by atoms with Crippen LogP contribution in [-0.4, -0.2) is 60.9 Å². The summed E-state index contributed by atoms with van der Waals surface area (Å²) >= 11 is 0. The van der Waals surface area contributed by atoms with Crippen molar-refractivity contribution in [2.45, 2.75) is 42.7 Å². The summed E-state index contributed by atoms with van der Waals surface area (Å²) in [7, 11) is -3.54. The molecule has 35 heavy (non-hydrogen) atoms. The third-order valence-electron chi connectivity index (χ3n) is 7.04. The normalized spacial score (nSPS) is 19.0. The fourth-order valence-electron chi connectivity index (χ4n) is 5.03. The van der Waals surface area contributed by atoms with E-state index in [9.17, 15) is 12.8 Å². The second kappa shape index (κ2) is 10.4. The lowest BCUT2D eigenvalue weighted by atomic mass is 10.00. The predicted molar refractivity (Wildman–Crippen MR) is 133 cm³/mol. The van der Waals surface area contributed by atoms with Crippen molar-refractivity contribution < 1.29 is 17.5 Å². The molecule has 2 aliphatic heterocycles. The Bertz CT molecular complexity index is 1200. The molecule has 0 N–H and O–H groups in total. The molecule has 2 aliphatic rings. The third-order valence-corrected chi connectivity index (χ3v) is 8.95. The van der Waals surface area contributed by atoms with Gasteiger partial charge < -0.3 is 9.64 Å². The molecule has 1 aromatic heterocycles. The van der Waals surface area contributed by atoms with Crippen LogP contribution in [0.15, 0.2) is 78.0 Å². The number of ether oxygens (including phenoxy) is 1. The van der Waals surface area contributed by atoms with Crippen molar-refractivity contribution in [3.63, 3.8) is 0 Å². The summed E-state index contributed by atoms with van der Waals surface area (Å²) in [5.41, 5.74) is 1.71. The monoisotopic (exact) mass is 495 g/mol. The zero-order chi connectivity index (χ0) is 24.3. The maximum atomic E-state index is 13.2. The SMILES string of the molecule is O=S(=O)(c1ccc(-c2ccc(F)cc2)cc1)N1CCC(N2CCC(Oc3ccncc3)CC2)CC1. The number of nitrogens with zero attached hydrogens (tertiary/aromatic N) is 3. The Labute approximate surface area is 206 Å². The van der Waals surface area contributed by atoms with Crippen LogP contribution in [0.4, 0.5) is 4.39 Å². The van der Waals surface area contributed by atoms with Crippen molar-refractivity contribution in [2.75, 3.05) is 26.2 Å². The minimum Gasteiger partial charge on any atom is -0.490 e. The first-order valence-electron chi connectivity index (χ1n) is 12.2. The van der Waals surface area contributed by atoms with Crippen molar-refractivity contribution in [3.05, 3.63) is 78.9 Å². The molecule has 0 bridgehead atoms. The number of likely N-dealkylation sites (tertiary alicyclic amines) is 1. The number of hydrogen-bond acceptors (Lipinski definition) is 5. The van der Waals surface area contributed by atoms with Crippen LogP contribution in [0.5, 0.6) is 5.75 Å². The predicted octanol–water partition coefficient (Wildman–Crippen LogP) is 4.58. The number of halogens is 1. The molecule has 0 radical (unpaired) electrons. The summed E-state index contributed by atoms with van der Waals surface area (Å²) in [4.78, 5) is 6.82. The Kier molecular flexibility index (Phi) is 7.13. The largest absolute Gasteiger partial charge is 0.490 e. The molecule has 0 amide bonds. The van der Waals surface area contributed by atoms with Gasteiger partial charge in [0.25, 0.3) is 0 Å². The summed E-state index contributed by atoms with van der Waals surface area (Å²) < 4.78 is 47.3. The summed E-state index contributed by atoms with van der Waals surface area (Å²) in [6.45, 7) is 3.00. The number of piperidine rings is 2. The standard InChI is InChI=1S/C27H30FN3O3S/c28-23-5-1-21(2-6-23)22-3-7-27(8-4-22)35(32,33)31-19-11-24(12-20-31)30-17-13-26(14-18-30)34-25-9-15-29-16-10-25/h1-10,15-16,24,26H,11-14,17-20H2. The fourth-order valence-corrected chi connectivity index (χ4v) is 6.50. The van der Waals surface area contributed by atoms with Crippen molar-refractivity contribution in [2.24, 2.45) is 0 Å². The lowest BCUT2D eigenvalue weighted by Crippen LogP contribution is -2.50. The number of sulfonamides is 1. The first-order chi connectivity index (χ1) is 17.0. The Morgan fingerprint density at radius 1 is 0.771 bits per heavy atom. The van der Waals surface area contributed by atoms with Gasteiger partial charge in [0.2, 0.25) is 10.0 Å². The lowest BCUT2D eigenvalue weighted by molar-refractivity contribution is 0.0585. The molecule has 0 saturated carbocycles. The van der Waals surface area contributed by atoms with Crippen molar-refractivity contribution in [1.29, 1.82) is 0 Å². The molecule has 0 atom stereocenters. The molecule has 2 saturated heterocycles. The molecule has 184 valence electrons. The van der Waals surface area contributed by atoms with E-state index in [0.717, 1.165) is 55.6 Å². The van der Waals surface area contributed by atoms with Crippen LogP contribution < -0.4 is 4.74 Å². The van der Waals surface area contributed by atoms with Gasteiger partial charge in [-0.25, -0.2) is 12.8 Å². The quantitative estimate of drug-likeness (QED) is 0.501. The van der Waals surface area contributed by atoms with Crippen LogP contribution in [0.25, 0.3) is 11.1 Å². The van der Waals surface area contributed by atoms with Crippen LogP contribution in [0.1, 0.15) is 25.7 Å². The fraction of sp³-hybridized carbons (Fsp3) is 0.370. The highest BCUT2D eigenvalue weighted by atomic mass is 32.2. The van der Waals surface area contributed by atoms with Gasteiger partial charge in [-0.2, -0.15) is 4.31 Å². The van der Waals surface area contributed by atoms with Gasteiger partial charge in [0.15, 0.2) is 0 Å². The van der Waals surface area contributed by atoms with Gasteiger partial charge in [-0.3, -0.25) is 4.98 Å². The topological polar surface area (TPSA) is 62.7 Å². The number of aromatic nitrogens is 1. The molecule has 3 aromatic rings. The lowest BCUT2D eigenvalue weighted by Gasteiger charge is -2.41. The Hall–Kier alpha value is -2.81. The van der Waals surface area contributed by atoms with Crippen LogP contribution in [-0.2, 0) is 10.0 Å². The van der Waals surface area contributed by atoms with Gasteiger partial charge in [0, 0.05) is 44.6 Å². The third kappa shape index (κ3) is 5.55. The second-order valence-corrected chi connectivity index (χ2v) is 11.1. The average Bonchev–Trinajstić information content (AvgIpc) is 2.90. The molecule has 2 aromatic carbocycles. The van der Waals surface area contributed by atoms with Gasteiger partial charge in [0.1, 0.15) is 17.7 Å². The van der Waals surface area contributed by atoms with E-state index >= 15 is 0 Å². The highest BCUT2D eigenvalue weighted by Crippen LogP contribution is 2.28.